The standard InChI is InChI=1S/C69H74N4O10/c1-42(74)82-53-24-28-69-27-7-6-14-48(69)15-9-19-58(69)56-40-70-39-47(56)32-55(44-13-8-16-49(75)31-44)45-25-29-71-66(35-45)72(30-26-62(78)43-11-4-3-5-12-43)59-21-20-54-63(79)23-22-60-67(54)57(59)41-73(60)61(38-51(77)37-53)46-33-64(80)68(65(34-46)81-2)83-52-18-10-17-50(76)36-52/h6-10,13-14,16-21,25,27,31,33-36,39-41,43,48,53,55,58,61,63,70-71,75-76,79-80H,3-5,11-12,15,22-24,26,28-30,32,37-38H2,1-2H3. The number of phenols is 3. The number of Topliss-reactive ketones (excluding diaryl/α,β-unsaturated/α-hetero) is 2. The zero-order valence-electron chi connectivity index (χ0n) is 47.3. The molecule has 6 aliphatic rings. The number of methoxy groups -OCH3 is 1. The minimum Gasteiger partial charge on any atom is -0.508 e. The van der Waals surface area contributed by atoms with Crippen molar-refractivity contribution in [2.75, 3.05) is 25.1 Å². The summed E-state index contributed by atoms with van der Waals surface area (Å²) >= 11 is 0. The van der Waals surface area contributed by atoms with Crippen LogP contribution in [0.2, 0.25) is 0 Å². The molecule has 83 heavy (non-hydrogen) atoms. The number of ketones is 2. The van der Waals surface area contributed by atoms with Gasteiger partial charge in [-0.05, 0) is 139 Å². The molecule has 6 aromatic rings. The molecule has 7 atom stereocenters. The van der Waals surface area contributed by atoms with E-state index in [1.165, 1.54) is 26.2 Å². The fourth-order valence-corrected chi connectivity index (χ4v) is 14.6. The minimum atomic E-state index is -0.770. The van der Waals surface area contributed by atoms with Crippen molar-refractivity contribution in [2.45, 2.75) is 127 Å². The van der Waals surface area contributed by atoms with Gasteiger partial charge in [0.05, 0.1) is 24.9 Å². The molecular weight excluding hydrogens is 1040 g/mol. The number of benzene rings is 4. The van der Waals surface area contributed by atoms with Crippen LogP contribution in [0.4, 0.5) is 5.69 Å². The maximum absolute atomic E-state index is 15.3. The lowest BCUT2D eigenvalue weighted by atomic mass is 9.57. The number of aromatic amines is 1. The van der Waals surface area contributed by atoms with E-state index in [2.05, 4.69) is 93.0 Å². The first-order valence-corrected chi connectivity index (χ1v) is 29.7. The van der Waals surface area contributed by atoms with Gasteiger partial charge in [-0.25, -0.2) is 0 Å². The van der Waals surface area contributed by atoms with Gasteiger partial charge in [-0.3, -0.25) is 14.4 Å². The second-order valence-corrected chi connectivity index (χ2v) is 23.6. The molecule has 12 rings (SSSR count). The van der Waals surface area contributed by atoms with E-state index in [9.17, 15) is 30.0 Å². The van der Waals surface area contributed by atoms with E-state index in [-0.39, 0.29) is 82.6 Å². The molecule has 14 nitrogen and oxygen atoms in total. The number of carbonyl (C=O) groups excluding carboxylic acids is 3. The maximum atomic E-state index is 15.3. The number of aromatic hydroxyl groups is 3. The summed E-state index contributed by atoms with van der Waals surface area (Å²) in [7, 11) is 1.48. The molecule has 2 aromatic heterocycles. The number of aryl methyl sites for hydroxylation is 1. The number of fused-ring (bicyclic) bond motifs is 5. The smallest absolute Gasteiger partial charge is 0.302 e. The van der Waals surface area contributed by atoms with Gasteiger partial charge in [0.2, 0.25) is 5.75 Å². The molecule has 1 saturated carbocycles. The number of allylic oxidation sites excluding steroid dienone is 8. The van der Waals surface area contributed by atoms with E-state index >= 15 is 4.79 Å². The number of anilines is 1. The molecule has 4 bridgehead atoms. The summed E-state index contributed by atoms with van der Waals surface area (Å²) in [6.45, 7) is 2.24. The van der Waals surface area contributed by atoms with Gasteiger partial charge in [0.15, 0.2) is 11.5 Å². The monoisotopic (exact) mass is 1120 g/mol. The molecule has 0 amide bonds. The van der Waals surface area contributed by atoms with Crippen LogP contribution in [0.5, 0.6) is 34.5 Å². The number of aromatic nitrogens is 2. The zero-order chi connectivity index (χ0) is 57.4. The van der Waals surface area contributed by atoms with Crippen molar-refractivity contribution in [1.29, 1.82) is 0 Å². The van der Waals surface area contributed by atoms with Crippen molar-refractivity contribution in [1.82, 2.24) is 14.9 Å². The second kappa shape index (κ2) is 23.6. The van der Waals surface area contributed by atoms with Crippen molar-refractivity contribution in [3.63, 3.8) is 0 Å². The number of ether oxygens (including phenoxy) is 3. The van der Waals surface area contributed by atoms with Crippen LogP contribution in [0.3, 0.4) is 0 Å². The highest BCUT2D eigenvalue weighted by Crippen LogP contribution is 2.56. The SMILES string of the molecule is COc1cc(C2CC(=O)CC(OC(C)=O)CCC34C=CC=CC3CC=CC4c3c[nH]cc3CC(c3cccc(O)c3)C3=CCNC(=C3)N(CCC(=O)C3CCCCC3)c3ccc4c5c(n2cc35)CCC4O)cc(O)c1Oc1cccc(O)c1. The molecular formula is C69H74N4O10. The molecule has 4 aliphatic carbocycles. The highest BCUT2D eigenvalue weighted by molar-refractivity contribution is 6.00. The third-order valence-electron chi connectivity index (χ3n) is 18.6. The average molecular weight is 1120 g/mol. The van der Waals surface area contributed by atoms with Crippen molar-refractivity contribution in [3.05, 3.63) is 185 Å². The summed E-state index contributed by atoms with van der Waals surface area (Å²) in [6, 6.07) is 20.4. The van der Waals surface area contributed by atoms with Crippen LogP contribution in [0, 0.1) is 17.3 Å². The normalized spacial score (nSPS) is 24.6. The van der Waals surface area contributed by atoms with Crippen LogP contribution < -0.4 is 19.7 Å². The lowest BCUT2D eigenvalue weighted by Crippen LogP contribution is -2.38. The number of H-pyrrole nitrogens is 1. The molecule has 4 aromatic carbocycles. The van der Waals surface area contributed by atoms with E-state index in [0.717, 1.165) is 94.3 Å². The molecule has 1 spiro atoms. The summed E-state index contributed by atoms with van der Waals surface area (Å²) in [5.74, 6) is 0.637. The first-order valence-electron chi connectivity index (χ1n) is 29.7. The summed E-state index contributed by atoms with van der Waals surface area (Å²) in [5.41, 5.74) is 6.85. The van der Waals surface area contributed by atoms with Gasteiger partial charge in [0, 0.05) is 104 Å². The molecule has 430 valence electrons. The van der Waals surface area contributed by atoms with Crippen LogP contribution in [0.25, 0.3) is 10.8 Å². The van der Waals surface area contributed by atoms with E-state index in [1.54, 1.807) is 30.3 Å². The predicted molar refractivity (Wildman–Crippen MR) is 319 cm³/mol. The molecule has 0 radical (unpaired) electrons. The molecule has 1 fully saturated rings. The van der Waals surface area contributed by atoms with Gasteiger partial charge < -0.3 is 54.4 Å². The Morgan fingerprint density at radius 3 is 2.49 bits per heavy atom. The molecule has 7 unspecified atom stereocenters. The largest absolute Gasteiger partial charge is 0.508 e. The van der Waals surface area contributed by atoms with Crippen LogP contribution in [0.1, 0.15) is 141 Å². The van der Waals surface area contributed by atoms with Gasteiger partial charge in [0.25, 0.3) is 0 Å². The topological polar surface area (TPSA) is 196 Å². The number of nitrogens with zero attached hydrogens (tertiary/aromatic N) is 2. The van der Waals surface area contributed by atoms with Crippen molar-refractivity contribution in [3.8, 4) is 34.5 Å². The fraction of sp³-hybridized carbons (Fsp3) is 0.377. The molecule has 2 aliphatic heterocycles. The Labute approximate surface area is 484 Å². The number of nitrogens with one attached hydrogen (secondary N) is 2. The highest BCUT2D eigenvalue weighted by atomic mass is 16.5. The Hall–Kier alpha value is -8.23. The number of aliphatic hydroxyl groups is 1. The quantitative estimate of drug-likeness (QED) is 0.0562. The predicted octanol–water partition coefficient (Wildman–Crippen LogP) is 13.0. The van der Waals surface area contributed by atoms with E-state index < -0.39 is 29.6 Å². The second-order valence-electron chi connectivity index (χ2n) is 23.6. The summed E-state index contributed by atoms with van der Waals surface area (Å²) in [6.07, 6.45) is 31.1. The Morgan fingerprint density at radius 2 is 1.69 bits per heavy atom. The average Bonchev–Trinajstić information content (AvgIpc) is 3.51. The Balaban J connectivity index is 1.06. The number of esters is 1. The molecule has 14 heteroatoms. The van der Waals surface area contributed by atoms with Gasteiger partial charge in [-0.15, -0.1) is 0 Å². The Morgan fingerprint density at radius 1 is 0.855 bits per heavy atom. The number of rotatable bonds is 10. The maximum Gasteiger partial charge on any atom is 0.302 e. The third-order valence-corrected chi connectivity index (χ3v) is 18.6. The van der Waals surface area contributed by atoms with Gasteiger partial charge >= 0.3 is 5.97 Å². The van der Waals surface area contributed by atoms with E-state index in [0.29, 0.717) is 57.2 Å². The van der Waals surface area contributed by atoms with Crippen LogP contribution in [-0.4, -0.2) is 73.8 Å². The third kappa shape index (κ3) is 11.1. The number of aliphatic hydroxyl groups excluding tert-OH is 1. The van der Waals surface area contributed by atoms with Crippen molar-refractivity contribution >= 4 is 34.0 Å². The minimum absolute atomic E-state index is 0.00392. The Bertz CT molecular complexity index is 3610. The van der Waals surface area contributed by atoms with Crippen molar-refractivity contribution < 1.29 is 49.0 Å². The first-order chi connectivity index (χ1) is 40.3. The number of phenolic OH excluding ortho intramolecular Hbond substituents is 3. The Kier molecular flexibility index (Phi) is 15.7. The number of dihydropyridines is 1. The summed E-state index contributed by atoms with van der Waals surface area (Å²) < 4.78 is 20.4. The molecule has 0 saturated heterocycles. The van der Waals surface area contributed by atoms with Crippen LogP contribution in [0.15, 0.2) is 151 Å². The number of carbonyl (C=O) groups is 3. The van der Waals surface area contributed by atoms with Gasteiger partial charge in [0.1, 0.15) is 40.7 Å². The zero-order valence-corrected chi connectivity index (χ0v) is 47.3. The number of hydrogen-bond donors (Lipinski definition) is 6. The van der Waals surface area contributed by atoms with Crippen molar-refractivity contribution in [2.24, 2.45) is 17.3 Å². The van der Waals surface area contributed by atoms with E-state index in [4.69, 9.17) is 14.2 Å². The lowest BCUT2D eigenvalue weighted by Gasteiger charge is -2.47. The first kappa shape index (κ1) is 55.3. The molecule has 6 N–H and O–H groups in total. The summed E-state index contributed by atoms with van der Waals surface area (Å²) in [4.78, 5) is 48.6. The van der Waals surface area contributed by atoms with Crippen LogP contribution in [-0.2, 0) is 32.0 Å². The fourth-order valence-electron chi connectivity index (χ4n) is 14.6. The molecule has 4 heterocycles. The van der Waals surface area contributed by atoms with Gasteiger partial charge in [-0.2, -0.15) is 0 Å². The van der Waals surface area contributed by atoms with Gasteiger partial charge in [-0.1, -0.05) is 86.1 Å². The lowest BCUT2D eigenvalue weighted by molar-refractivity contribution is -0.148. The highest BCUT2D eigenvalue weighted by Gasteiger charge is 2.46. The number of hydrogen-bond acceptors (Lipinski definition) is 12. The van der Waals surface area contributed by atoms with E-state index in [1.807, 2.05) is 24.3 Å². The van der Waals surface area contributed by atoms with Crippen LogP contribution >= 0.6 is 0 Å². The summed E-state index contributed by atoms with van der Waals surface area (Å²) in [5, 5.41) is 50.7.